The van der Waals surface area contributed by atoms with E-state index in [4.69, 9.17) is 0 Å². The van der Waals surface area contributed by atoms with Crippen LogP contribution in [0.25, 0.3) is 0 Å². The first-order chi connectivity index (χ1) is 14.2. The Bertz CT molecular complexity index is 1280. The van der Waals surface area contributed by atoms with E-state index in [1.165, 1.54) is 35.3 Å². The van der Waals surface area contributed by atoms with Crippen LogP contribution in [0.5, 0.6) is 0 Å². The molecule has 9 heteroatoms. The second-order valence-corrected chi connectivity index (χ2v) is 9.72. The highest BCUT2D eigenvalue weighted by molar-refractivity contribution is 7.90. The molecule has 0 aliphatic carbocycles. The maximum absolute atomic E-state index is 12.8. The lowest BCUT2D eigenvalue weighted by atomic mass is 10.1. The van der Waals surface area contributed by atoms with Gasteiger partial charge in [-0.2, -0.15) is 0 Å². The number of thiazole rings is 1. The van der Waals surface area contributed by atoms with Crippen molar-refractivity contribution in [2.24, 2.45) is 0 Å². The molecule has 0 saturated heterocycles. The first-order valence-corrected chi connectivity index (χ1v) is 11.5. The van der Waals surface area contributed by atoms with Gasteiger partial charge in [-0.1, -0.05) is 18.2 Å². The molecule has 2 amide bonds. The summed E-state index contributed by atoms with van der Waals surface area (Å²) in [6.45, 7) is 5.21. The molecule has 0 bridgehead atoms. The molecule has 2 heterocycles. The average Bonchev–Trinajstić information content (AvgIpc) is 3.22. The van der Waals surface area contributed by atoms with E-state index < -0.39 is 15.9 Å². The van der Waals surface area contributed by atoms with Crippen LogP contribution in [-0.2, 0) is 21.4 Å². The first kappa shape index (κ1) is 20.2. The number of benzene rings is 2. The number of carbonyl (C=O) groups excluding carboxylic acids is 2. The zero-order valence-electron chi connectivity index (χ0n) is 16.6. The number of rotatable bonds is 4. The van der Waals surface area contributed by atoms with E-state index in [9.17, 15) is 18.0 Å². The fourth-order valence-corrected chi connectivity index (χ4v) is 5.72. The van der Waals surface area contributed by atoms with Crippen LogP contribution in [0.2, 0.25) is 0 Å². The Labute approximate surface area is 178 Å². The number of hydrogen-bond donors (Lipinski definition) is 0. The molecule has 4 rings (SSSR count). The number of hydrogen-bond acceptors (Lipinski definition) is 6. The lowest BCUT2D eigenvalue weighted by Gasteiger charge is -2.19. The molecule has 1 aliphatic heterocycles. The van der Waals surface area contributed by atoms with Gasteiger partial charge >= 0.3 is 0 Å². The topological polar surface area (TPSA) is 87.7 Å². The fraction of sp³-hybridized carbons (Fsp3) is 0.190. The lowest BCUT2D eigenvalue weighted by molar-refractivity contribution is -0.115. The van der Waals surface area contributed by atoms with E-state index in [-0.39, 0.29) is 22.9 Å². The highest BCUT2D eigenvalue weighted by Crippen LogP contribution is 2.34. The lowest BCUT2D eigenvalue weighted by Crippen LogP contribution is -2.29. The molecule has 1 aliphatic rings. The number of aryl methyl sites for hydroxylation is 2. The van der Waals surface area contributed by atoms with Crippen LogP contribution < -0.4 is 4.90 Å². The van der Waals surface area contributed by atoms with Crippen molar-refractivity contribution < 1.29 is 18.0 Å². The predicted molar refractivity (Wildman–Crippen MR) is 114 cm³/mol. The van der Waals surface area contributed by atoms with Gasteiger partial charge in [-0.3, -0.25) is 14.5 Å². The third-order valence-corrected chi connectivity index (χ3v) is 7.67. The van der Waals surface area contributed by atoms with Crippen LogP contribution >= 0.6 is 11.3 Å². The SMILES string of the molecule is CC(=O)N(c1ccc(C)c(C)c1)c1nc(CN2C(=O)c3ccccc3S2(=O)=O)cs1. The summed E-state index contributed by atoms with van der Waals surface area (Å²) in [5.41, 5.74) is 3.40. The van der Waals surface area contributed by atoms with Gasteiger partial charge in [0.2, 0.25) is 5.91 Å². The number of carbonyl (C=O) groups is 2. The molecule has 0 radical (unpaired) electrons. The van der Waals surface area contributed by atoms with Crippen LogP contribution in [0, 0.1) is 13.8 Å². The average molecular weight is 442 g/mol. The summed E-state index contributed by atoms with van der Waals surface area (Å²) >= 11 is 1.22. The molecule has 0 N–H and O–H groups in total. The Morgan fingerprint density at radius 3 is 2.53 bits per heavy atom. The smallest absolute Gasteiger partial charge is 0.269 e. The Kier molecular flexibility index (Phi) is 4.95. The van der Waals surface area contributed by atoms with Crippen molar-refractivity contribution in [1.82, 2.24) is 9.29 Å². The minimum absolute atomic E-state index is 0.00551. The quantitative estimate of drug-likeness (QED) is 0.615. The molecule has 3 aromatic rings. The molecule has 2 aromatic carbocycles. The monoisotopic (exact) mass is 441 g/mol. The molecule has 30 heavy (non-hydrogen) atoms. The van der Waals surface area contributed by atoms with Gasteiger partial charge in [-0.15, -0.1) is 11.3 Å². The minimum atomic E-state index is -3.92. The normalized spacial score (nSPS) is 14.6. The van der Waals surface area contributed by atoms with E-state index >= 15 is 0 Å². The zero-order valence-corrected chi connectivity index (χ0v) is 18.3. The van der Waals surface area contributed by atoms with E-state index in [1.54, 1.807) is 17.5 Å². The second kappa shape index (κ2) is 7.33. The molecule has 0 fully saturated rings. The summed E-state index contributed by atoms with van der Waals surface area (Å²) < 4.78 is 26.3. The van der Waals surface area contributed by atoms with Crippen LogP contribution in [0.3, 0.4) is 0 Å². The van der Waals surface area contributed by atoms with Crippen LogP contribution in [0.4, 0.5) is 10.8 Å². The van der Waals surface area contributed by atoms with Gasteiger partial charge in [0.15, 0.2) is 5.13 Å². The zero-order chi connectivity index (χ0) is 21.6. The van der Waals surface area contributed by atoms with Crippen molar-refractivity contribution in [2.75, 3.05) is 4.90 Å². The number of fused-ring (bicyclic) bond motifs is 1. The maximum atomic E-state index is 12.8. The number of aromatic nitrogens is 1. The third kappa shape index (κ3) is 3.29. The van der Waals surface area contributed by atoms with Gasteiger partial charge in [-0.05, 0) is 49.2 Å². The number of nitrogens with zero attached hydrogens (tertiary/aromatic N) is 3. The molecule has 154 valence electrons. The van der Waals surface area contributed by atoms with Crippen molar-refractivity contribution in [1.29, 1.82) is 0 Å². The van der Waals surface area contributed by atoms with Crippen LogP contribution in [0.15, 0.2) is 52.7 Å². The van der Waals surface area contributed by atoms with Gasteiger partial charge < -0.3 is 0 Å². The predicted octanol–water partition coefficient (Wildman–Crippen LogP) is 3.79. The second-order valence-electron chi connectivity index (χ2n) is 7.06. The summed E-state index contributed by atoms with van der Waals surface area (Å²) in [4.78, 5) is 30.9. The van der Waals surface area contributed by atoms with Gasteiger partial charge in [-0.25, -0.2) is 17.7 Å². The number of sulfonamides is 1. The van der Waals surface area contributed by atoms with E-state index in [0.29, 0.717) is 16.5 Å². The van der Waals surface area contributed by atoms with Gasteiger partial charge in [0, 0.05) is 12.3 Å². The molecule has 1 aromatic heterocycles. The Morgan fingerprint density at radius 1 is 1.13 bits per heavy atom. The van der Waals surface area contributed by atoms with Gasteiger partial charge in [0.05, 0.1) is 23.5 Å². The van der Waals surface area contributed by atoms with E-state index in [1.807, 2.05) is 32.0 Å². The minimum Gasteiger partial charge on any atom is -0.274 e. The summed E-state index contributed by atoms with van der Waals surface area (Å²) in [5, 5.41) is 2.08. The Balaban J connectivity index is 1.65. The van der Waals surface area contributed by atoms with Crippen LogP contribution in [0.1, 0.15) is 34.1 Å². The van der Waals surface area contributed by atoms with Crippen molar-refractivity contribution in [3.05, 3.63) is 70.2 Å². The summed E-state index contributed by atoms with van der Waals surface area (Å²) in [5.74, 6) is -0.783. The number of amides is 2. The molecule has 0 atom stereocenters. The molecular formula is C21H19N3O4S2. The highest BCUT2D eigenvalue weighted by Gasteiger charge is 2.41. The first-order valence-electron chi connectivity index (χ1n) is 9.18. The largest absolute Gasteiger partial charge is 0.274 e. The van der Waals surface area contributed by atoms with Crippen molar-refractivity contribution in [2.45, 2.75) is 32.2 Å². The molecule has 0 saturated carbocycles. The van der Waals surface area contributed by atoms with Crippen molar-refractivity contribution in [3.8, 4) is 0 Å². The van der Waals surface area contributed by atoms with E-state index in [2.05, 4.69) is 4.98 Å². The van der Waals surface area contributed by atoms with Gasteiger partial charge in [0.1, 0.15) is 4.90 Å². The molecule has 7 nitrogen and oxygen atoms in total. The fourth-order valence-electron chi connectivity index (χ4n) is 3.30. The summed E-state index contributed by atoms with van der Waals surface area (Å²) in [7, 11) is -3.92. The van der Waals surface area contributed by atoms with Crippen molar-refractivity contribution in [3.63, 3.8) is 0 Å². The van der Waals surface area contributed by atoms with Gasteiger partial charge in [0.25, 0.3) is 15.9 Å². The Morgan fingerprint density at radius 2 is 1.87 bits per heavy atom. The summed E-state index contributed by atoms with van der Waals surface area (Å²) in [6, 6.07) is 11.8. The standard InChI is InChI=1S/C21H19N3O4S2/c1-13-8-9-17(10-14(13)2)24(15(3)25)21-22-16(12-29-21)11-23-20(26)18-6-4-5-7-19(18)30(23,27)28/h4-10,12H,11H2,1-3H3. The molecular weight excluding hydrogens is 422 g/mol. The van der Waals surface area contributed by atoms with Crippen molar-refractivity contribution >= 4 is 44.0 Å². The van der Waals surface area contributed by atoms with E-state index in [0.717, 1.165) is 15.4 Å². The molecule has 0 spiro atoms. The van der Waals surface area contributed by atoms with Crippen LogP contribution in [-0.4, -0.2) is 29.5 Å². The number of anilines is 2. The third-order valence-electron chi connectivity index (χ3n) is 5.01. The molecule has 0 unspecified atom stereocenters. The highest BCUT2D eigenvalue weighted by atomic mass is 32.2. The summed E-state index contributed by atoms with van der Waals surface area (Å²) in [6.07, 6.45) is 0. The Hall–Kier alpha value is -3.04. The maximum Gasteiger partial charge on any atom is 0.269 e.